The Morgan fingerprint density at radius 1 is 1.38 bits per heavy atom. The minimum atomic E-state index is -0.132. The third-order valence-corrected chi connectivity index (χ3v) is 4.14. The molecule has 0 nitrogen and oxygen atoms in total. The molecule has 0 spiro atoms. The maximum absolute atomic E-state index is 13.4. The van der Waals surface area contributed by atoms with Crippen LogP contribution >= 0.6 is 27.3 Å². The second-order valence-electron chi connectivity index (χ2n) is 3.81. The summed E-state index contributed by atoms with van der Waals surface area (Å²) in [6.45, 7) is 1.78. The van der Waals surface area contributed by atoms with Gasteiger partial charge >= 0.3 is 0 Å². The minimum absolute atomic E-state index is 0.132. The van der Waals surface area contributed by atoms with Crippen LogP contribution in [0.5, 0.6) is 0 Å². The van der Waals surface area contributed by atoms with Gasteiger partial charge in [0, 0.05) is 4.83 Å². The second kappa shape index (κ2) is 5.11. The molecular formula is C13H12BrFS. The molecule has 1 aromatic heterocycles. The Bertz CT molecular complexity index is 465. The molecule has 16 heavy (non-hydrogen) atoms. The molecule has 0 saturated carbocycles. The van der Waals surface area contributed by atoms with Crippen LogP contribution in [-0.4, -0.2) is 0 Å². The van der Waals surface area contributed by atoms with E-state index >= 15 is 0 Å². The molecule has 0 amide bonds. The minimum Gasteiger partial charge on any atom is -0.207 e. The van der Waals surface area contributed by atoms with E-state index in [0.29, 0.717) is 5.56 Å². The van der Waals surface area contributed by atoms with Gasteiger partial charge in [0.2, 0.25) is 0 Å². The van der Waals surface area contributed by atoms with E-state index in [1.807, 2.05) is 12.1 Å². The van der Waals surface area contributed by atoms with Gasteiger partial charge in [-0.2, -0.15) is 11.3 Å². The van der Waals surface area contributed by atoms with E-state index < -0.39 is 0 Å². The van der Waals surface area contributed by atoms with Crippen LogP contribution in [0.1, 0.15) is 21.5 Å². The van der Waals surface area contributed by atoms with Gasteiger partial charge in [0.1, 0.15) is 5.82 Å². The lowest BCUT2D eigenvalue weighted by atomic mass is 10.0. The number of aryl methyl sites for hydroxylation is 1. The molecule has 1 heterocycles. The summed E-state index contributed by atoms with van der Waals surface area (Å²) >= 11 is 5.29. The summed E-state index contributed by atoms with van der Waals surface area (Å²) in [5.74, 6) is -0.132. The first-order chi connectivity index (χ1) is 7.66. The Labute approximate surface area is 107 Å². The maximum Gasteiger partial charge on any atom is 0.126 e. The average Bonchev–Trinajstić information content (AvgIpc) is 2.74. The van der Waals surface area contributed by atoms with E-state index in [9.17, 15) is 4.39 Å². The fourth-order valence-corrected chi connectivity index (χ4v) is 2.88. The molecule has 84 valence electrons. The van der Waals surface area contributed by atoms with Crippen molar-refractivity contribution in [1.29, 1.82) is 0 Å². The van der Waals surface area contributed by atoms with Crippen molar-refractivity contribution in [3.63, 3.8) is 0 Å². The topological polar surface area (TPSA) is 0 Å². The van der Waals surface area contributed by atoms with Crippen molar-refractivity contribution in [3.8, 4) is 0 Å². The van der Waals surface area contributed by atoms with E-state index in [0.717, 1.165) is 12.0 Å². The third-order valence-electron chi connectivity index (χ3n) is 2.55. The van der Waals surface area contributed by atoms with Crippen molar-refractivity contribution in [1.82, 2.24) is 0 Å². The number of hydrogen-bond acceptors (Lipinski definition) is 1. The summed E-state index contributed by atoms with van der Waals surface area (Å²) in [6.07, 6.45) is 0.895. The second-order valence-corrected chi connectivity index (χ2v) is 5.70. The van der Waals surface area contributed by atoms with E-state index in [1.54, 1.807) is 24.3 Å². The Morgan fingerprint density at radius 2 is 2.19 bits per heavy atom. The van der Waals surface area contributed by atoms with Crippen molar-refractivity contribution in [3.05, 3.63) is 57.5 Å². The van der Waals surface area contributed by atoms with Gasteiger partial charge in [-0.15, -0.1) is 0 Å². The molecule has 1 unspecified atom stereocenters. The molecule has 0 N–H and O–H groups in total. The zero-order chi connectivity index (χ0) is 11.5. The first-order valence-electron chi connectivity index (χ1n) is 5.08. The third kappa shape index (κ3) is 2.71. The van der Waals surface area contributed by atoms with Crippen LogP contribution in [0.15, 0.2) is 35.0 Å². The van der Waals surface area contributed by atoms with E-state index in [2.05, 4.69) is 32.8 Å². The van der Waals surface area contributed by atoms with Crippen molar-refractivity contribution < 1.29 is 4.39 Å². The highest BCUT2D eigenvalue weighted by molar-refractivity contribution is 9.09. The first-order valence-corrected chi connectivity index (χ1v) is 6.94. The van der Waals surface area contributed by atoms with Crippen molar-refractivity contribution in [2.45, 2.75) is 18.2 Å². The zero-order valence-electron chi connectivity index (χ0n) is 8.91. The largest absolute Gasteiger partial charge is 0.207 e. The molecule has 2 rings (SSSR count). The SMILES string of the molecule is Cc1ccc(C(Br)Cc2ccsc2)cc1F. The summed E-state index contributed by atoms with van der Waals surface area (Å²) in [5, 5.41) is 4.18. The zero-order valence-corrected chi connectivity index (χ0v) is 11.3. The molecule has 0 aliphatic carbocycles. The highest BCUT2D eigenvalue weighted by Gasteiger charge is 2.10. The summed E-state index contributed by atoms with van der Waals surface area (Å²) in [6, 6.07) is 7.52. The Morgan fingerprint density at radius 3 is 2.81 bits per heavy atom. The standard InChI is InChI=1S/C13H12BrFS/c1-9-2-3-11(7-13(9)15)12(14)6-10-4-5-16-8-10/h2-5,7-8,12H,6H2,1H3. The van der Waals surface area contributed by atoms with Crippen molar-refractivity contribution >= 4 is 27.3 Å². The van der Waals surface area contributed by atoms with Crippen molar-refractivity contribution in [2.24, 2.45) is 0 Å². The lowest BCUT2D eigenvalue weighted by Gasteiger charge is -2.10. The molecule has 0 fully saturated rings. The molecule has 3 heteroatoms. The van der Waals surface area contributed by atoms with Crippen LogP contribution in [0.4, 0.5) is 4.39 Å². The fourth-order valence-electron chi connectivity index (χ4n) is 1.54. The molecule has 0 bridgehead atoms. The Balaban J connectivity index is 2.14. The number of thiophene rings is 1. The van der Waals surface area contributed by atoms with Gasteiger partial charge in [-0.3, -0.25) is 0 Å². The monoisotopic (exact) mass is 298 g/mol. The highest BCUT2D eigenvalue weighted by Crippen LogP contribution is 2.28. The first kappa shape index (κ1) is 11.8. The smallest absolute Gasteiger partial charge is 0.126 e. The fraction of sp³-hybridized carbons (Fsp3) is 0.231. The van der Waals surface area contributed by atoms with Crippen LogP contribution in [0.25, 0.3) is 0 Å². The van der Waals surface area contributed by atoms with Gasteiger partial charge in [-0.1, -0.05) is 28.1 Å². The number of benzene rings is 1. The molecule has 0 aliphatic rings. The molecule has 0 aliphatic heterocycles. The van der Waals surface area contributed by atoms with Gasteiger partial charge in [-0.25, -0.2) is 4.39 Å². The maximum atomic E-state index is 13.4. The van der Waals surface area contributed by atoms with Crippen molar-refractivity contribution in [2.75, 3.05) is 0 Å². The van der Waals surface area contributed by atoms with Gasteiger partial charge in [0.25, 0.3) is 0 Å². The van der Waals surface area contributed by atoms with Gasteiger partial charge in [0.05, 0.1) is 0 Å². The normalized spacial score (nSPS) is 12.7. The Hall–Kier alpha value is -0.670. The van der Waals surface area contributed by atoms with E-state index in [1.165, 1.54) is 5.56 Å². The molecule has 1 atom stereocenters. The molecular weight excluding hydrogens is 287 g/mol. The molecule has 2 aromatic rings. The summed E-state index contributed by atoms with van der Waals surface area (Å²) < 4.78 is 13.4. The van der Waals surface area contributed by atoms with Crippen LogP contribution < -0.4 is 0 Å². The number of alkyl halides is 1. The average molecular weight is 299 g/mol. The molecule has 0 saturated heterocycles. The van der Waals surface area contributed by atoms with Crippen LogP contribution in [0, 0.1) is 12.7 Å². The summed E-state index contributed by atoms with van der Waals surface area (Å²) in [7, 11) is 0. The number of halogens is 2. The van der Waals surface area contributed by atoms with Crippen LogP contribution in [0.3, 0.4) is 0 Å². The van der Waals surface area contributed by atoms with Gasteiger partial charge in [0.15, 0.2) is 0 Å². The molecule has 0 radical (unpaired) electrons. The van der Waals surface area contributed by atoms with Crippen LogP contribution in [0.2, 0.25) is 0 Å². The number of rotatable bonds is 3. The van der Waals surface area contributed by atoms with Gasteiger partial charge < -0.3 is 0 Å². The lowest BCUT2D eigenvalue weighted by Crippen LogP contribution is -1.96. The summed E-state index contributed by atoms with van der Waals surface area (Å²) in [5.41, 5.74) is 2.97. The van der Waals surface area contributed by atoms with Gasteiger partial charge in [-0.05, 0) is 52.9 Å². The molecule has 1 aromatic carbocycles. The quantitative estimate of drug-likeness (QED) is 0.709. The van der Waals surface area contributed by atoms with E-state index in [-0.39, 0.29) is 10.6 Å². The summed E-state index contributed by atoms with van der Waals surface area (Å²) in [4.78, 5) is 0.178. The predicted molar refractivity (Wildman–Crippen MR) is 70.8 cm³/mol. The predicted octanol–water partition coefficient (Wildman–Crippen LogP) is 4.87. The van der Waals surface area contributed by atoms with Crippen LogP contribution in [-0.2, 0) is 6.42 Å². The highest BCUT2D eigenvalue weighted by atomic mass is 79.9. The Kier molecular flexibility index (Phi) is 3.77. The lowest BCUT2D eigenvalue weighted by molar-refractivity contribution is 0.616. The van der Waals surface area contributed by atoms with E-state index in [4.69, 9.17) is 0 Å². The number of hydrogen-bond donors (Lipinski definition) is 0.